The van der Waals surface area contributed by atoms with Gasteiger partial charge in [0.15, 0.2) is 5.56 Å². The summed E-state index contributed by atoms with van der Waals surface area (Å²) in [5, 5.41) is 58.8. The third-order valence-electron chi connectivity index (χ3n) is 13.8. The number of hydrogen-bond acceptors (Lipinski definition) is 14. The molecule has 3 heterocycles. The number of nitrogens with one attached hydrogen (secondary N) is 1. The van der Waals surface area contributed by atoms with E-state index in [0.29, 0.717) is 81.0 Å². The number of aromatic amines is 1. The second kappa shape index (κ2) is 31.9. The lowest BCUT2D eigenvalue weighted by atomic mass is 10.0. The van der Waals surface area contributed by atoms with Crippen molar-refractivity contribution >= 4 is 114 Å². The van der Waals surface area contributed by atoms with Crippen molar-refractivity contribution in [1.29, 1.82) is 0 Å². The molecule has 0 radical (unpaired) electrons. The Hall–Kier alpha value is -8.72. The van der Waals surface area contributed by atoms with Crippen LogP contribution in [-0.2, 0) is 13.1 Å². The van der Waals surface area contributed by atoms with Crippen LogP contribution in [0, 0.1) is 6.92 Å². The summed E-state index contributed by atoms with van der Waals surface area (Å²) >= 11 is 40.7. The number of nitrogens with zero attached hydrogens (tertiary/aromatic N) is 8. The highest BCUT2D eigenvalue weighted by atomic mass is 35.5. The Morgan fingerprint density at radius 2 is 0.781 bits per heavy atom. The lowest BCUT2D eigenvalue weighted by Gasteiger charge is -2.14. The van der Waals surface area contributed by atoms with Crippen molar-refractivity contribution < 1.29 is 51.1 Å². The van der Waals surface area contributed by atoms with Crippen LogP contribution in [0.4, 0.5) is 26.3 Å². The van der Waals surface area contributed by atoms with Crippen molar-refractivity contribution in [3.05, 3.63) is 265 Å². The van der Waals surface area contributed by atoms with E-state index in [2.05, 4.69) is 57.6 Å². The number of fused-ring (bicyclic) bond motifs is 3. The number of aliphatic hydroxyl groups is 3. The summed E-state index contributed by atoms with van der Waals surface area (Å²) in [5.41, 5.74) is 5.82. The first-order valence-corrected chi connectivity index (χ1v) is 30.2. The number of alkyl halides is 7. The predicted molar refractivity (Wildman–Crippen MR) is 359 cm³/mol. The number of rotatable bonds is 12. The van der Waals surface area contributed by atoms with Crippen LogP contribution in [0.3, 0.4) is 0 Å². The number of H-pyrrole nitrogens is 1. The molecule has 3 unspecified atom stereocenters. The van der Waals surface area contributed by atoms with Gasteiger partial charge in [-0.15, -0.1) is 41.6 Å². The fourth-order valence-corrected chi connectivity index (χ4v) is 11.0. The molecule has 30 heteroatoms. The van der Waals surface area contributed by atoms with Gasteiger partial charge in [-0.25, -0.2) is 14.5 Å². The van der Waals surface area contributed by atoms with Gasteiger partial charge in [-0.2, -0.15) is 0 Å². The van der Waals surface area contributed by atoms with Gasteiger partial charge in [0.25, 0.3) is 16.7 Å². The third kappa shape index (κ3) is 19.3. The van der Waals surface area contributed by atoms with E-state index >= 15 is 0 Å². The van der Waals surface area contributed by atoms with Gasteiger partial charge in [0.05, 0.1) is 29.2 Å². The van der Waals surface area contributed by atoms with E-state index in [4.69, 9.17) is 86.3 Å². The topological polar surface area (TPSA) is 233 Å². The van der Waals surface area contributed by atoms with Crippen LogP contribution < -0.4 is 26.2 Å². The van der Waals surface area contributed by atoms with Gasteiger partial charge in [-0.3, -0.25) is 14.4 Å². The lowest BCUT2D eigenvalue weighted by molar-refractivity contribution is -0.275. The van der Waals surface area contributed by atoms with Crippen LogP contribution in [0.15, 0.2) is 196 Å². The molecular weight excluding hydrogens is 1410 g/mol. The summed E-state index contributed by atoms with van der Waals surface area (Å²) in [6.45, 7) is 1.65. The Balaban J connectivity index is 0.000000175. The average molecular weight is 1460 g/mol. The SMILES string of the molecule is C.Cc1ccc(-c2ccc3nn[nH]c(=O)c3c2)cc1.O=c1c2cc(-c3ccc(OC(F)(F)F)cc3)ccc2nnn1CC(O)c1ccc(Cl)cc1Cl.O=c1c2cc(-c3ccc(OC(F)(F)F)cc3)ccc2nnn1CC(O)c1ccc(Cl)cc1Cl.OC(Cl)c1ccc(Cl)cc1Cl. The van der Waals surface area contributed by atoms with Crippen molar-refractivity contribution in [2.45, 2.75) is 57.9 Å². The molecule has 0 aliphatic rings. The number of hydrogen-bond donors (Lipinski definition) is 4. The minimum absolute atomic E-state index is 0. The average Bonchev–Trinajstić information content (AvgIpc) is 0.822. The highest BCUT2D eigenvalue weighted by molar-refractivity contribution is 6.36. The van der Waals surface area contributed by atoms with E-state index in [1.165, 1.54) is 72.3 Å². The molecule has 0 fully saturated rings. The number of aryl methyl sites for hydroxylation is 1. The maximum Gasteiger partial charge on any atom is 0.573 e. The summed E-state index contributed by atoms with van der Waals surface area (Å²) < 4.78 is 83.9. The molecule has 17 nitrogen and oxygen atoms in total. The molecule has 9 aromatic carbocycles. The smallest absolute Gasteiger partial charge is 0.406 e. The Morgan fingerprint density at radius 1 is 0.448 bits per heavy atom. The first kappa shape index (κ1) is 73.1. The third-order valence-corrected chi connectivity index (χ3v) is 15.7. The summed E-state index contributed by atoms with van der Waals surface area (Å²) in [6.07, 6.45) is -11.8. The van der Waals surface area contributed by atoms with E-state index in [0.717, 1.165) is 20.5 Å². The molecule has 12 rings (SSSR count). The van der Waals surface area contributed by atoms with Crippen LogP contribution >= 0.6 is 81.2 Å². The zero-order valence-electron chi connectivity index (χ0n) is 48.3. The van der Waals surface area contributed by atoms with Crippen molar-refractivity contribution in [2.24, 2.45) is 0 Å². The number of aliphatic hydroxyl groups excluding tert-OH is 3. The van der Waals surface area contributed by atoms with Crippen molar-refractivity contribution in [2.75, 3.05) is 0 Å². The summed E-state index contributed by atoms with van der Waals surface area (Å²) in [6, 6.07) is 47.9. The Morgan fingerprint density at radius 3 is 1.14 bits per heavy atom. The molecule has 0 aliphatic heterocycles. The van der Waals surface area contributed by atoms with Crippen LogP contribution in [0.1, 0.15) is 47.5 Å². The van der Waals surface area contributed by atoms with E-state index in [9.17, 15) is 50.9 Å². The van der Waals surface area contributed by atoms with Crippen LogP contribution in [0.5, 0.6) is 11.5 Å². The molecule has 496 valence electrons. The minimum atomic E-state index is -4.78. The molecule has 0 spiro atoms. The van der Waals surface area contributed by atoms with Crippen LogP contribution in [0.25, 0.3) is 66.1 Å². The number of halogens is 13. The van der Waals surface area contributed by atoms with E-state index in [-0.39, 0.29) is 58.4 Å². The first-order chi connectivity index (χ1) is 45.1. The van der Waals surface area contributed by atoms with Gasteiger partial charge < -0.3 is 24.8 Å². The van der Waals surface area contributed by atoms with Gasteiger partial charge in [0.1, 0.15) is 40.3 Å². The number of ether oxygens (including phenoxy) is 2. The van der Waals surface area contributed by atoms with Gasteiger partial charge in [-0.05, 0) is 137 Å². The Labute approximate surface area is 575 Å². The highest BCUT2D eigenvalue weighted by Crippen LogP contribution is 2.33. The first-order valence-electron chi connectivity index (χ1n) is 27.5. The van der Waals surface area contributed by atoms with Crippen molar-refractivity contribution in [3.8, 4) is 44.9 Å². The number of aromatic nitrogens is 9. The Kier molecular flexibility index (Phi) is 24.3. The second-order valence-corrected chi connectivity index (χ2v) is 23.3. The van der Waals surface area contributed by atoms with Gasteiger partial charge in [0, 0.05) is 46.8 Å². The number of benzene rings is 9. The molecule has 0 saturated carbocycles. The zero-order valence-corrected chi connectivity index (χ0v) is 53.6. The largest absolute Gasteiger partial charge is 0.573 e. The fourth-order valence-electron chi connectivity index (χ4n) is 9.13. The zero-order chi connectivity index (χ0) is 68.5. The van der Waals surface area contributed by atoms with Gasteiger partial charge in [-0.1, -0.05) is 195 Å². The maximum atomic E-state index is 13.0. The van der Waals surface area contributed by atoms with Crippen LogP contribution in [0.2, 0.25) is 30.1 Å². The molecule has 4 N–H and O–H groups in total. The molecular formula is C66H48Cl7F6N9O8. The molecule has 0 saturated heterocycles. The molecule has 0 aliphatic carbocycles. The van der Waals surface area contributed by atoms with Crippen LogP contribution in [-0.4, -0.2) is 73.4 Å². The molecule has 3 aromatic heterocycles. The lowest BCUT2D eigenvalue weighted by Crippen LogP contribution is -2.27. The van der Waals surface area contributed by atoms with Crippen molar-refractivity contribution in [1.82, 2.24) is 45.4 Å². The fraction of sp³-hybridized carbons (Fsp3) is 0.136. The monoisotopic (exact) mass is 1450 g/mol. The van der Waals surface area contributed by atoms with Crippen molar-refractivity contribution in [3.63, 3.8) is 0 Å². The minimum Gasteiger partial charge on any atom is -0.406 e. The predicted octanol–water partition coefficient (Wildman–Crippen LogP) is 16.9. The molecule has 96 heavy (non-hydrogen) atoms. The highest BCUT2D eigenvalue weighted by Gasteiger charge is 2.32. The Bertz CT molecular complexity index is 4710. The normalized spacial score (nSPS) is 12.2. The maximum absolute atomic E-state index is 13.0. The molecule has 0 amide bonds. The van der Waals surface area contributed by atoms with E-state index in [1.54, 1.807) is 72.8 Å². The summed E-state index contributed by atoms with van der Waals surface area (Å²) in [5.74, 6) is -0.704. The van der Waals surface area contributed by atoms with Gasteiger partial charge in [0.2, 0.25) is 0 Å². The summed E-state index contributed by atoms with van der Waals surface area (Å²) in [4.78, 5) is 37.6. The summed E-state index contributed by atoms with van der Waals surface area (Å²) in [7, 11) is 0. The van der Waals surface area contributed by atoms with Gasteiger partial charge >= 0.3 is 12.7 Å². The second-order valence-electron chi connectivity index (χ2n) is 20.4. The molecule has 3 atom stereocenters. The standard InChI is InChI=1S/2C22H14Cl2F3N3O3.C14H11N3O.C7H5Cl3O.CH4/c2*23-14-4-7-16(18(24)10-14)20(31)11-30-21(32)17-9-13(3-8-19(17)28-29-30)12-1-5-15(6-2-12)33-22(25,26)27;1-9-2-4-10(5-3-9)11-6-7-13-12(8-11)14(18)16-17-15-13;8-4-1-2-5(7(10)11)6(9)3-4;/h2*1-10,20,31H,11H2;2-8H,1H3,(H,15,16,18);1-3,7,11H;1H4. The quantitative estimate of drug-likeness (QED) is 0.0658. The molecule has 0 bridgehead atoms. The van der Waals surface area contributed by atoms with E-state index < -0.39 is 41.6 Å². The molecule has 12 aromatic rings. The van der Waals surface area contributed by atoms with E-state index in [1.807, 2.05) is 37.3 Å².